The van der Waals surface area contributed by atoms with Crippen LogP contribution in [0.25, 0.3) is 0 Å². The van der Waals surface area contributed by atoms with Crippen molar-refractivity contribution in [1.82, 2.24) is 15.5 Å². The van der Waals surface area contributed by atoms with Gasteiger partial charge in [-0.15, -0.1) is 24.0 Å². The first kappa shape index (κ1) is 20.0. The Labute approximate surface area is 152 Å². The quantitative estimate of drug-likeness (QED) is 0.373. The van der Waals surface area contributed by atoms with E-state index in [-0.39, 0.29) is 24.0 Å². The van der Waals surface area contributed by atoms with Crippen molar-refractivity contribution in [1.29, 1.82) is 0 Å². The Morgan fingerprint density at radius 2 is 2.14 bits per heavy atom. The maximum atomic E-state index is 5.65. The first-order chi connectivity index (χ1) is 10.3. The number of nitrogens with zero attached hydrogens (tertiary/aromatic N) is 2. The van der Waals surface area contributed by atoms with Gasteiger partial charge in [-0.1, -0.05) is 6.92 Å². The van der Waals surface area contributed by atoms with Gasteiger partial charge in [-0.25, -0.2) is 0 Å². The molecule has 2 N–H and O–H groups in total. The van der Waals surface area contributed by atoms with Gasteiger partial charge in [0, 0.05) is 32.8 Å². The smallest absolute Gasteiger partial charge is 0.191 e. The Bertz CT molecular complexity index is 321. The van der Waals surface area contributed by atoms with Gasteiger partial charge in [0.1, 0.15) is 0 Å². The van der Waals surface area contributed by atoms with Crippen LogP contribution in [0.2, 0.25) is 0 Å². The molecule has 0 spiro atoms. The minimum Gasteiger partial charge on any atom is -0.376 e. The highest BCUT2D eigenvalue weighted by molar-refractivity contribution is 14.0. The number of halogens is 1. The molecule has 2 heterocycles. The zero-order chi connectivity index (χ0) is 14.9. The van der Waals surface area contributed by atoms with Crippen molar-refractivity contribution >= 4 is 29.9 Å². The highest BCUT2D eigenvalue weighted by atomic mass is 127. The van der Waals surface area contributed by atoms with Crippen LogP contribution in [-0.2, 0) is 4.74 Å². The van der Waals surface area contributed by atoms with Crippen LogP contribution in [0, 0.1) is 5.92 Å². The average molecular weight is 424 g/mol. The molecule has 0 aliphatic carbocycles. The SMILES string of the molecule is CCCN1CCC(CN=C(NCC)NCC2CCCO2)C1.I. The predicted molar refractivity (Wildman–Crippen MR) is 103 cm³/mol. The fourth-order valence-electron chi connectivity index (χ4n) is 3.16. The van der Waals surface area contributed by atoms with Crippen LogP contribution in [0.4, 0.5) is 0 Å². The van der Waals surface area contributed by atoms with Crippen LogP contribution >= 0.6 is 24.0 Å². The average Bonchev–Trinajstić information content (AvgIpc) is 3.14. The van der Waals surface area contributed by atoms with Gasteiger partial charge in [0.05, 0.1) is 6.10 Å². The second-order valence-electron chi connectivity index (χ2n) is 6.19. The molecular weight excluding hydrogens is 391 g/mol. The van der Waals surface area contributed by atoms with Crippen LogP contribution in [0.5, 0.6) is 0 Å². The minimum absolute atomic E-state index is 0. The number of likely N-dealkylation sites (tertiary alicyclic amines) is 1. The fraction of sp³-hybridized carbons (Fsp3) is 0.938. The molecule has 0 aromatic carbocycles. The van der Waals surface area contributed by atoms with Crippen molar-refractivity contribution in [3.05, 3.63) is 0 Å². The Morgan fingerprint density at radius 1 is 1.27 bits per heavy atom. The lowest BCUT2D eigenvalue weighted by molar-refractivity contribution is 0.114. The first-order valence-corrected chi connectivity index (χ1v) is 8.68. The topological polar surface area (TPSA) is 48.9 Å². The van der Waals surface area contributed by atoms with Crippen molar-refractivity contribution in [2.24, 2.45) is 10.9 Å². The number of nitrogens with one attached hydrogen (secondary N) is 2. The van der Waals surface area contributed by atoms with Crippen molar-refractivity contribution in [3.8, 4) is 0 Å². The summed E-state index contributed by atoms with van der Waals surface area (Å²) >= 11 is 0. The molecule has 2 fully saturated rings. The lowest BCUT2D eigenvalue weighted by Gasteiger charge is -2.16. The van der Waals surface area contributed by atoms with Crippen LogP contribution in [0.15, 0.2) is 4.99 Å². The molecule has 0 aromatic rings. The van der Waals surface area contributed by atoms with Crippen LogP contribution in [0.1, 0.15) is 39.5 Å². The van der Waals surface area contributed by atoms with Gasteiger partial charge in [-0.2, -0.15) is 0 Å². The highest BCUT2D eigenvalue weighted by Gasteiger charge is 2.21. The van der Waals surface area contributed by atoms with Gasteiger partial charge in [0.25, 0.3) is 0 Å². The largest absolute Gasteiger partial charge is 0.376 e. The summed E-state index contributed by atoms with van der Waals surface area (Å²) in [5, 5.41) is 6.76. The second-order valence-corrected chi connectivity index (χ2v) is 6.19. The molecule has 2 rings (SSSR count). The Balaban J connectivity index is 0.00000242. The lowest BCUT2D eigenvalue weighted by Crippen LogP contribution is -2.41. The van der Waals surface area contributed by atoms with Crippen LogP contribution in [0.3, 0.4) is 0 Å². The second kappa shape index (κ2) is 11.5. The molecule has 2 aliphatic heterocycles. The lowest BCUT2D eigenvalue weighted by atomic mass is 10.1. The molecule has 0 bridgehead atoms. The van der Waals surface area contributed by atoms with E-state index in [0.29, 0.717) is 6.10 Å². The number of rotatable bonds is 7. The van der Waals surface area contributed by atoms with Crippen molar-refractivity contribution in [2.75, 3.05) is 45.9 Å². The van der Waals surface area contributed by atoms with Gasteiger partial charge in [0.15, 0.2) is 5.96 Å². The molecule has 22 heavy (non-hydrogen) atoms. The van der Waals surface area contributed by atoms with E-state index in [0.717, 1.165) is 38.1 Å². The maximum Gasteiger partial charge on any atom is 0.191 e. The third-order valence-corrected chi connectivity index (χ3v) is 4.28. The van der Waals surface area contributed by atoms with Crippen molar-refractivity contribution in [2.45, 2.75) is 45.6 Å². The van der Waals surface area contributed by atoms with E-state index < -0.39 is 0 Å². The molecule has 6 heteroatoms. The number of guanidine groups is 1. The van der Waals surface area contributed by atoms with Gasteiger partial charge >= 0.3 is 0 Å². The predicted octanol–water partition coefficient (Wildman–Crippen LogP) is 2.07. The highest BCUT2D eigenvalue weighted by Crippen LogP contribution is 2.16. The molecule has 5 nitrogen and oxygen atoms in total. The van der Waals surface area contributed by atoms with Crippen LogP contribution < -0.4 is 10.6 Å². The van der Waals surface area contributed by atoms with E-state index in [9.17, 15) is 0 Å². The van der Waals surface area contributed by atoms with E-state index in [2.05, 4.69) is 29.4 Å². The normalized spacial score (nSPS) is 26.0. The molecule has 0 amide bonds. The molecule has 2 atom stereocenters. The molecule has 130 valence electrons. The van der Waals surface area contributed by atoms with Crippen LogP contribution in [-0.4, -0.2) is 62.8 Å². The van der Waals surface area contributed by atoms with Gasteiger partial charge in [0.2, 0.25) is 0 Å². The molecule has 2 aliphatic rings. The first-order valence-electron chi connectivity index (χ1n) is 8.68. The van der Waals surface area contributed by atoms with E-state index >= 15 is 0 Å². The Morgan fingerprint density at radius 3 is 2.82 bits per heavy atom. The van der Waals surface area contributed by atoms with E-state index in [4.69, 9.17) is 9.73 Å². The summed E-state index contributed by atoms with van der Waals surface area (Å²) in [6.07, 6.45) is 5.26. The molecule has 2 unspecified atom stereocenters. The number of aliphatic imine (C=N–C) groups is 1. The van der Waals surface area contributed by atoms with Crippen molar-refractivity contribution < 1.29 is 4.74 Å². The maximum absolute atomic E-state index is 5.65. The summed E-state index contributed by atoms with van der Waals surface area (Å²) in [5.74, 6) is 1.66. The monoisotopic (exact) mass is 424 g/mol. The summed E-state index contributed by atoms with van der Waals surface area (Å²) in [5.41, 5.74) is 0. The number of ether oxygens (including phenoxy) is 1. The standard InChI is InChI=1S/C16H32N4O.HI/c1-3-8-20-9-7-14(13-20)11-18-16(17-4-2)19-12-15-6-5-10-21-15;/h14-15H,3-13H2,1-2H3,(H2,17,18,19);1H. The fourth-order valence-corrected chi connectivity index (χ4v) is 3.16. The Kier molecular flexibility index (Phi) is 10.4. The van der Waals surface area contributed by atoms with E-state index in [1.807, 2.05) is 0 Å². The minimum atomic E-state index is 0. The van der Waals surface area contributed by atoms with Crippen molar-refractivity contribution in [3.63, 3.8) is 0 Å². The number of hydrogen-bond donors (Lipinski definition) is 2. The molecular formula is C16H33IN4O. The van der Waals surface area contributed by atoms with E-state index in [1.165, 1.54) is 45.3 Å². The zero-order valence-corrected chi connectivity index (χ0v) is 16.5. The summed E-state index contributed by atoms with van der Waals surface area (Å²) < 4.78 is 5.65. The third-order valence-electron chi connectivity index (χ3n) is 4.28. The van der Waals surface area contributed by atoms with Gasteiger partial charge in [-0.05, 0) is 51.6 Å². The Hall–Kier alpha value is -0.0800. The van der Waals surface area contributed by atoms with Gasteiger partial charge < -0.3 is 20.3 Å². The zero-order valence-electron chi connectivity index (χ0n) is 14.1. The summed E-state index contributed by atoms with van der Waals surface area (Å²) in [7, 11) is 0. The summed E-state index contributed by atoms with van der Waals surface area (Å²) in [6, 6.07) is 0. The third kappa shape index (κ3) is 7.00. The molecule has 0 aromatic heterocycles. The summed E-state index contributed by atoms with van der Waals surface area (Å²) in [4.78, 5) is 7.33. The molecule has 2 saturated heterocycles. The summed E-state index contributed by atoms with van der Waals surface area (Å²) in [6.45, 7) is 11.7. The molecule has 0 saturated carbocycles. The van der Waals surface area contributed by atoms with Gasteiger partial charge in [-0.3, -0.25) is 4.99 Å². The number of hydrogen-bond acceptors (Lipinski definition) is 3. The van der Waals surface area contributed by atoms with E-state index in [1.54, 1.807) is 0 Å². The molecule has 0 radical (unpaired) electrons.